The van der Waals surface area contributed by atoms with E-state index in [1.54, 1.807) is 0 Å². The molecule has 5 heteroatoms. The van der Waals surface area contributed by atoms with Gasteiger partial charge in [-0.05, 0) is 10.8 Å². The molecule has 1 aliphatic heterocycles. The molecule has 102 valence electrons. The third-order valence-electron chi connectivity index (χ3n) is 3.56. The van der Waals surface area contributed by atoms with Gasteiger partial charge in [0.05, 0.1) is 0 Å². The Morgan fingerprint density at radius 2 is 1.56 bits per heavy atom. The molecule has 1 fully saturated rings. The van der Waals surface area contributed by atoms with Crippen molar-refractivity contribution in [2.75, 3.05) is 13.1 Å². The number of carbonyl (C=O) groups is 2. The summed E-state index contributed by atoms with van der Waals surface area (Å²) < 4.78 is 0. The predicted octanol–water partition coefficient (Wildman–Crippen LogP) is 1.35. The average Bonchev–Trinajstić information content (AvgIpc) is 2.12. The molecule has 0 aromatic rings. The van der Waals surface area contributed by atoms with Gasteiger partial charge < -0.3 is 15.5 Å². The zero-order valence-corrected chi connectivity index (χ0v) is 11.3. The molecule has 18 heavy (non-hydrogen) atoms. The van der Waals surface area contributed by atoms with E-state index in [9.17, 15) is 14.7 Å². The van der Waals surface area contributed by atoms with E-state index in [0.29, 0.717) is 13.1 Å². The third kappa shape index (κ3) is 2.90. The van der Waals surface area contributed by atoms with Gasteiger partial charge in [0.15, 0.2) is 0 Å². The number of carboxylic acid groups (broad SMARTS) is 2. The van der Waals surface area contributed by atoms with Gasteiger partial charge in [-0.3, -0.25) is 0 Å². The summed E-state index contributed by atoms with van der Waals surface area (Å²) in [7, 11) is 0. The number of aliphatic carboxylic acids is 2. The minimum atomic E-state index is -1.21. The highest BCUT2D eigenvalue weighted by Crippen LogP contribution is 2.46. The van der Waals surface area contributed by atoms with Gasteiger partial charge in [-0.15, -0.1) is 0 Å². The molecule has 5 nitrogen and oxygen atoms in total. The first-order valence-corrected chi connectivity index (χ1v) is 5.96. The van der Waals surface area contributed by atoms with E-state index in [2.05, 4.69) is 5.32 Å². The lowest BCUT2D eigenvalue weighted by Crippen LogP contribution is -2.54. The first-order valence-electron chi connectivity index (χ1n) is 5.96. The number of nitrogens with one attached hydrogen (secondary N) is 1. The van der Waals surface area contributed by atoms with E-state index in [0.717, 1.165) is 6.08 Å². The monoisotopic (exact) mass is 255 g/mol. The molecule has 1 saturated heterocycles. The van der Waals surface area contributed by atoms with Crippen LogP contribution in [0.5, 0.6) is 0 Å². The van der Waals surface area contributed by atoms with Crippen molar-refractivity contribution in [3.8, 4) is 0 Å². The summed E-state index contributed by atoms with van der Waals surface area (Å²) in [6, 6.07) is 0. The summed E-state index contributed by atoms with van der Waals surface area (Å²) in [5.41, 5.74) is -0.623. The van der Waals surface area contributed by atoms with Gasteiger partial charge in [-0.2, -0.15) is 0 Å². The van der Waals surface area contributed by atoms with Gasteiger partial charge in [0.25, 0.3) is 0 Å². The van der Waals surface area contributed by atoms with Gasteiger partial charge in [0.1, 0.15) is 0 Å². The van der Waals surface area contributed by atoms with E-state index in [-0.39, 0.29) is 22.3 Å². The number of carboxylic acids is 2. The molecule has 0 radical (unpaired) electrons. The lowest BCUT2D eigenvalue weighted by molar-refractivity contribution is -0.137. The van der Waals surface area contributed by atoms with Crippen molar-refractivity contribution in [3.05, 3.63) is 11.6 Å². The predicted molar refractivity (Wildman–Crippen MR) is 67.3 cm³/mol. The molecule has 0 aromatic carbocycles. The molecule has 0 bridgehead atoms. The molecule has 0 aromatic heterocycles. The fourth-order valence-corrected chi connectivity index (χ4v) is 3.21. The molecule has 0 unspecified atom stereocenters. The molecule has 1 aliphatic rings. The minimum absolute atomic E-state index is 0.0148. The summed E-state index contributed by atoms with van der Waals surface area (Å²) in [5, 5.41) is 21.4. The summed E-state index contributed by atoms with van der Waals surface area (Å²) in [6.45, 7) is 9.19. The maximum absolute atomic E-state index is 11.4. The van der Waals surface area contributed by atoms with Crippen LogP contribution in [-0.2, 0) is 9.59 Å². The van der Waals surface area contributed by atoms with E-state index in [1.807, 2.05) is 27.7 Å². The Labute approximate surface area is 107 Å². The third-order valence-corrected chi connectivity index (χ3v) is 3.56. The molecule has 1 rings (SSSR count). The van der Waals surface area contributed by atoms with Gasteiger partial charge in [-0.1, -0.05) is 27.7 Å². The smallest absolute Gasteiger partial charge is 0.332 e. The highest BCUT2D eigenvalue weighted by Gasteiger charge is 2.47. The second kappa shape index (κ2) is 4.72. The first kappa shape index (κ1) is 14.7. The molecule has 0 atom stereocenters. The van der Waals surface area contributed by atoms with E-state index in [4.69, 9.17) is 5.11 Å². The topological polar surface area (TPSA) is 86.6 Å². The molecule has 0 spiro atoms. The SMILES string of the molecule is CC1(C)CNCC(C)(C)C1/C(=C/C(=O)O)C(=O)O. The lowest BCUT2D eigenvalue weighted by atomic mass is 9.59. The molecular formula is C13H21NO4. The first-order chi connectivity index (χ1) is 8.08. The Bertz CT molecular complexity index is 380. The highest BCUT2D eigenvalue weighted by atomic mass is 16.4. The second-order valence-corrected chi connectivity index (χ2v) is 6.26. The summed E-state index contributed by atoms with van der Waals surface area (Å²) in [5.74, 6) is -2.66. The fraction of sp³-hybridized carbons (Fsp3) is 0.692. The number of hydrogen-bond acceptors (Lipinski definition) is 3. The van der Waals surface area contributed by atoms with Crippen LogP contribution in [0.15, 0.2) is 11.6 Å². The quantitative estimate of drug-likeness (QED) is 0.663. The maximum atomic E-state index is 11.4. The molecular weight excluding hydrogens is 234 g/mol. The standard InChI is InChI=1S/C13H21NO4/c1-12(2)6-14-7-13(3,4)10(12)8(11(17)18)5-9(15)16/h5,10,14H,6-7H2,1-4H3,(H,15,16)(H,17,18)/b8-5-. The average molecular weight is 255 g/mol. The van der Waals surface area contributed by atoms with Crippen molar-refractivity contribution in [2.24, 2.45) is 16.7 Å². The molecule has 1 heterocycles. The Morgan fingerprint density at radius 1 is 1.11 bits per heavy atom. The lowest BCUT2D eigenvalue weighted by Gasteiger charge is -2.49. The van der Waals surface area contributed by atoms with Crippen LogP contribution in [0, 0.1) is 16.7 Å². The maximum Gasteiger partial charge on any atom is 0.332 e. The van der Waals surface area contributed by atoms with Gasteiger partial charge in [0, 0.05) is 30.7 Å². The zero-order chi connectivity index (χ0) is 14.1. The molecule has 0 saturated carbocycles. The van der Waals surface area contributed by atoms with Crippen molar-refractivity contribution in [1.82, 2.24) is 5.32 Å². The fourth-order valence-electron chi connectivity index (χ4n) is 3.21. The Kier molecular flexibility index (Phi) is 3.86. The van der Waals surface area contributed by atoms with Crippen molar-refractivity contribution < 1.29 is 19.8 Å². The summed E-state index contributed by atoms with van der Waals surface area (Å²) in [6.07, 6.45) is 0.835. The Hall–Kier alpha value is -1.36. The van der Waals surface area contributed by atoms with Crippen LogP contribution < -0.4 is 5.32 Å². The van der Waals surface area contributed by atoms with Gasteiger partial charge in [0.2, 0.25) is 0 Å². The second-order valence-electron chi connectivity index (χ2n) is 6.26. The number of rotatable bonds is 3. The molecule has 3 N–H and O–H groups in total. The van der Waals surface area contributed by atoms with Crippen molar-refractivity contribution >= 4 is 11.9 Å². The molecule has 0 aliphatic carbocycles. The Morgan fingerprint density at radius 3 is 1.89 bits per heavy atom. The van der Waals surface area contributed by atoms with Crippen LogP contribution in [0.4, 0.5) is 0 Å². The van der Waals surface area contributed by atoms with Crippen LogP contribution in [0.2, 0.25) is 0 Å². The van der Waals surface area contributed by atoms with Gasteiger partial charge >= 0.3 is 11.9 Å². The van der Waals surface area contributed by atoms with E-state index >= 15 is 0 Å². The number of piperidine rings is 1. The van der Waals surface area contributed by atoms with Crippen LogP contribution in [0.25, 0.3) is 0 Å². The summed E-state index contributed by atoms with van der Waals surface area (Å²) >= 11 is 0. The number of hydrogen-bond donors (Lipinski definition) is 3. The largest absolute Gasteiger partial charge is 0.478 e. The highest BCUT2D eigenvalue weighted by molar-refractivity contribution is 5.95. The van der Waals surface area contributed by atoms with Crippen molar-refractivity contribution in [3.63, 3.8) is 0 Å². The van der Waals surface area contributed by atoms with E-state index < -0.39 is 11.9 Å². The van der Waals surface area contributed by atoms with Crippen LogP contribution in [0.1, 0.15) is 27.7 Å². The van der Waals surface area contributed by atoms with Crippen LogP contribution in [-0.4, -0.2) is 35.2 Å². The normalized spacial score (nSPS) is 23.7. The minimum Gasteiger partial charge on any atom is -0.478 e. The Balaban J connectivity index is 3.29. The van der Waals surface area contributed by atoms with Crippen molar-refractivity contribution in [1.29, 1.82) is 0 Å². The van der Waals surface area contributed by atoms with Crippen molar-refractivity contribution in [2.45, 2.75) is 27.7 Å². The molecule has 0 amide bonds. The van der Waals surface area contributed by atoms with E-state index in [1.165, 1.54) is 0 Å². The summed E-state index contributed by atoms with van der Waals surface area (Å²) in [4.78, 5) is 22.2. The zero-order valence-electron chi connectivity index (χ0n) is 11.3. The van der Waals surface area contributed by atoms with Crippen LogP contribution in [0.3, 0.4) is 0 Å². The van der Waals surface area contributed by atoms with Gasteiger partial charge in [-0.25, -0.2) is 9.59 Å². The van der Waals surface area contributed by atoms with Crippen LogP contribution >= 0.6 is 0 Å².